The minimum Gasteiger partial charge on any atom is -0.299 e. The fourth-order valence-electron chi connectivity index (χ4n) is 3.98. The molecule has 4 atom stereocenters. The third kappa shape index (κ3) is 3.05. The van der Waals surface area contributed by atoms with Crippen molar-refractivity contribution in [3.05, 3.63) is 11.6 Å². The van der Waals surface area contributed by atoms with Gasteiger partial charge < -0.3 is 0 Å². The number of rotatable bonds is 3. The van der Waals surface area contributed by atoms with Gasteiger partial charge >= 0.3 is 0 Å². The molecule has 2 N–H and O–H groups in total. The molecule has 1 saturated carbocycles. The number of hydrogen-bond acceptors (Lipinski definition) is 2. The first-order valence-corrected chi connectivity index (χ1v) is 10.1. The van der Waals surface area contributed by atoms with Crippen molar-refractivity contribution < 1.29 is 9.00 Å². The molecule has 2 aliphatic rings. The summed E-state index contributed by atoms with van der Waals surface area (Å²) in [5, 5.41) is 7.85. The molecule has 3 nitrogen and oxygen atoms in total. The Morgan fingerprint density at radius 3 is 2.73 bits per heavy atom. The van der Waals surface area contributed by atoms with Crippen LogP contribution in [0.5, 0.6) is 0 Å². The van der Waals surface area contributed by atoms with E-state index < -0.39 is 14.5 Å². The molecule has 0 bridgehead atoms. The van der Waals surface area contributed by atoms with E-state index in [4.69, 9.17) is 5.14 Å². The highest BCUT2D eigenvalue weighted by molar-refractivity contribution is 8.00. The van der Waals surface area contributed by atoms with E-state index in [2.05, 4.69) is 19.9 Å². The number of nitrogens with two attached hydrogens (primary N) is 1. The summed E-state index contributed by atoms with van der Waals surface area (Å²) in [5.41, 5.74) is 1.39. The first kappa shape index (κ1) is 17.7. The molecular weight excluding hydrogens is 294 g/mol. The normalized spacial score (nSPS) is 32.9. The Labute approximate surface area is 135 Å². The van der Waals surface area contributed by atoms with Gasteiger partial charge in [-0.1, -0.05) is 25.5 Å². The van der Waals surface area contributed by atoms with E-state index in [1.54, 1.807) is 0 Å². The number of carbonyl (C=O) groups excluding carboxylic acids is 1. The summed E-state index contributed by atoms with van der Waals surface area (Å²) in [6.45, 7) is 10.2. The minimum atomic E-state index is -2.45. The summed E-state index contributed by atoms with van der Waals surface area (Å²) < 4.78 is 12.2. The van der Waals surface area contributed by atoms with E-state index in [-0.39, 0.29) is 11.3 Å². The molecule has 0 radical (unpaired) electrons. The lowest BCUT2D eigenvalue weighted by Crippen LogP contribution is -2.38. The van der Waals surface area contributed by atoms with Crippen LogP contribution in [0.4, 0.5) is 0 Å². The lowest BCUT2D eigenvalue weighted by Gasteiger charge is -2.40. The Morgan fingerprint density at radius 1 is 1.50 bits per heavy atom. The number of allylic oxidation sites excluding steroid dienone is 2. The van der Waals surface area contributed by atoms with Crippen LogP contribution in [0.25, 0.3) is 0 Å². The molecule has 0 aromatic carbocycles. The van der Waals surface area contributed by atoms with Crippen LogP contribution in [-0.2, 0) is 14.5 Å². The van der Waals surface area contributed by atoms with E-state index in [1.807, 2.05) is 26.1 Å². The molecule has 2 rings (SSSR count). The summed E-state index contributed by atoms with van der Waals surface area (Å²) in [5.74, 6) is 0.893. The Bertz CT molecular complexity index is 605. The van der Waals surface area contributed by atoms with E-state index in [0.717, 1.165) is 32.1 Å². The molecule has 0 heterocycles. The quantitative estimate of drug-likeness (QED) is 0.638. The van der Waals surface area contributed by atoms with Crippen molar-refractivity contribution in [2.75, 3.05) is 0 Å². The predicted molar refractivity (Wildman–Crippen MR) is 95.1 cm³/mol. The molecule has 0 spiro atoms. The zero-order chi connectivity index (χ0) is 16.8. The molecular formula is C18H31NO2S. The first-order valence-electron chi connectivity index (χ1n) is 8.37. The van der Waals surface area contributed by atoms with Gasteiger partial charge in [0.25, 0.3) is 0 Å². The van der Waals surface area contributed by atoms with Crippen molar-refractivity contribution >= 4 is 20.9 Å². The fourth-order valence-corrected chi connectivity index (χ4v) is 5.05. The molecule has 126 valence electrons. The second-order valence-corrected chi connectivity index (χ2v) is 11.1. The van der Waals surface area contributed by atoms with Gasteiger partial charge in [0.15, 0.2) is 0 Å². The van der Waals surface area contributed by atoms with E-state index in [1.165, 1.54) is 5.57 Å². The number of carbonyl (C=O) groups is 1. The van der Waals surface area contributed by atoms with Crippen molar-refractivity contribution in [1.29, 1.82) is 0 Å². The maximum atomic E-state index is 12.6. The van der Waals surface area contributed by atoms with Crippen LogP contribution >= 0.6 is 0 Å². The highest BCUT2D eigenvalue weighted by Gasteiger charge is 2.47. The summed E-state index contributed by atoms with van der Waals surface area (Å²) in [6, 6.07) is 0. The van der Waals surface area contributed by atoms with Gasteiger partial charge in [0, 0.05) is 26.8 Å². The van der Waals surface area contributed by atoms with E-state index in [0.29, 0.717) is 11.7 Å². The highest BCUT2D eigenvalue weighted by Crippen LogP contribution is 2.53. The minimum absolute atomic E-state index is 0.0137. The van der Waals surface area contributed by atoms with E-state index >= 15 is 0 Å². The zero-order valence-corrected chi connectivity index (χ0v) is 15.5. The third-order valence-corrected chi connectivity index (χ3v) is 8.30. The highest BCUT2D eigenvalue weighted by atomic mass is 32.2. The molecule has 1 unspecified atom stereocenters. The molecule has 4 heteroatoms. The lowest BCUT2D eigenvalue weighted by atomic mass is 9.63. The molecule has 1 fully saturated rings. The zero-order valence-electron chi connectivity index (χ0n) is 14.6. The molecule has 0 aliphatic heterocycles. The standard InChI is InChI=1S/C18H31NO2S/c1-13(10-12-22(19,21)17(2,3)4)14-8-9-15-16(20)7-6-11-18(14,15)5/h8,12-13,15H,6-7,9-11H2,1-5H3,(H2,19,21)/t13-,15+,18-,22?/m1/s1. The SMILES string of the molecule is C[C@H](CC=S(N)(=O)C(C)(C)C)C1=CC[C@H]2C(=O)CCC[C@]12C. The molecule has 0 amide bonds. The van der Waals surface area contributed by atoms with Crippen LogP contribution in [0.15, 0.2) is 11.6 Å². The summed E-state index contributed by atoms with van der Waals surface area (Å²) in [4.78, 5) is 12.2. The number of Topliss-reactive ketones (excluding diaryl/α,β-unsaturated/α-hetero) is 1. The largest absolute Gasteiger partial charge is 0.299 e. The van der Waals surface area contributed by atoms with Gasteiger partial charge in [-0.2, -0.15) is 0 Å². The van der Waals surface area contributed by atoms with Gasteiger partial charge in [-0.05, 0) is 63.2 Å². The van der Waals surface area contributed by atoms with Gasteiger partial charge in [0.2, 0.25) is 0 Å². The smallest absolute Gasteiger partial charge is 0.137 e. The van der Waals surface area contributed by atoms with Crippen molar-refractivity contribution in [3.8, 4) is 0 Å². The Kier molecular flexibility index (Phi) is 4.67. The van der Waals surface area contributed by atoms with Crippen LogP contribution < -0.4 is 5.14 Å². The Balaban J connectivity index is 2.18. The summed E-state index contributed by atoms with van der Waals surface area (Å²) in [7, 11) is -2.45. The van der Waals surface area contributed by atoms with Crippen LogP contribution in [0.1, 0.15) is 66.7 Å². The number of ketones is 1. The van der Waals surface area contributed by atoms with E-state index in [9.17, 15) is 9.00 Å². The number of fused-ring (bicyclic) bond motifs is 1. The maximum absolute atomic E-state index is 12.6. The van der Waals surface area contributed by atoms with Crippen molar-refractivity contribution in [1.82, 2.24) is 0 Å². The van der Waals surface area contributed by atoms with Gasteiger partial charge in [-0.25, -0.2) is 0 Å². The maximum Gasteiger partial charge on any atom is 0.137 e. The monoisotopic (exact) mass is 325 g/mol. The average Bonchev–Trinajstić information content (AvgIpc) is 2.73. The van der Waals surface area contributed by atoms with Gasteiger partial charge in [0.05, 0.1) is 0 Å². The van der Waals surface area contributed by atoms with Crippen LogP contribution in [-0.4, -0.2) is 20.1 Å². The summed E-state index contributed by atoms with van der Waals surface area (Å²) >= 11 is 0. The predicted octanol–water partition coefficient (Wildman–Crippen LogP) is 3.48. The molecule has 0 aromatic rings. The number of hydrogen-bond donors (Lipinski definition) is 1. The lowest BCUT2D eigenvalue weighted by molar-refractivity contribution is -0.128. The van der Waals surface area contributed by atoms with Gasteiger partial charge in [-0.15, -0.1) is 0 Å². The molecule has 22 heavy (non-hydrogen) atoms. The van der Waals surface area contributed by atoms with Crippen molar-refractivity contribution in [2.24, 2.45) is 22.4 Å². The topological polar surface area (TPSA) is 60.2 Å². The van der Waals surface area contributed by atoms with Crippen LogP contribution in [0.3, 0.4) is 0 Å². The van der Waals surface area contributed by atoms with Gasteiger partial charge in [-0.3, -0.25) is 14.1 Å². The van der Waals surface area contributed by atoms with Crippen LogP contribution in [0, 0.1) is 17.3 Å². The van der Waals surface area contributed by atoms with Crippen molar-refractivity contribution in [2.45, 2.75) is 71.5 Å². The van der Waals surface area contributed by atoms with Gasteiger partial charge in [0.1, 0.15) is 5.78 Å². The fraction of sp³-hybridized carbons (Fsp3) is 0.778. The second-order valence-electron chi connectivity index (χ2n) is 8.25. The molecule has 2 aliphatic carbocycles. The van der Waals surface area contributed by atoms with Crippen LogP contribution in [0.2, 0.25) is 0 Å². The average molecular weight is 326 g/mol. The Morgan fingerprint density at radius 2 is 2.14 bits per heavy atom. The summed E-state index contributed by atoms with van der Waals surface area (Å²) in [6.07, 6.45) is 6.69. The molecule has 0 saturated heterocycles. The molecule has 0 aromatic heterocycles. The van der Waals surface area contributed by atoms with Crippen molar-refractivity contribution in [3.63, 3.8) is 0 Å². The third-order valence-electron chi connectivity index (χ3n) is 5.70. The first-order chi connectivity index (χ1) is 9.99. The second kappa shape index (κ2) is 5.79. The Hall–Kier alpha value is -0.610.